The van der Waals surface area contributed by atoms with Crippen molar-refractivity contribution in [2.45, 2.75) is 52.4 Å². The second kappa shape index (κ2) is 8.85. The van der Waals surface area contributed by atoms with E-state index in [-0.39, 0.29) is 16.2 Å². The summed E-state index contributed by atoms with van der Waals surface area (Å²) in [7, 11) is 0. The molecule has 5 aromatic carbocycles. The highest BCUT2D eigenvalue weighted by Crippen LogP contribution is 2.62. The van der Waals surface area contributed by atoms with Gasteiger partial charge in [-0.25, -0.2) is 0 Å². The fraction of sp³-hybridized carbons (Fsp3) is 0.231. The predicted molar refractivity (Wildman–Crippen MR) is 174 cm³/mol. The number of furan rings is 1. The van der Waals surface area contributed by atoms with Crippen LogP contribution in [0.1, 0.15) is 52.7 Å². The zero-order valence-electron chi connectivity index (χ0n) is 24.8. The lowest BCUT2D eigenvalue weighted by Gasteiger charge is -2.44. The third-order valence-corrected chi connectivity index (χ3v) is 10.6. The van der Waals surface area contributed by atoms with Gasteiger partial charge in [-0.2, -0.15) is 0 Å². The maximum atomic E-state index is 6.62. The minimum Gasteiger partial charge on any atom is -0.454 e. The van der Waals surface area contributed by atoms with Crippen molar-refractivity contribution in [1.82, 2.24) is 0 Å². The third-order valence-electron chi connectivity index (χ3n) is 10.6. The topological polar surface area (TPSA) is 16.4 Å². The van der Waals surface area contributed by atoms with Gasteiger partial charge in [0.25, 0.3) is 0 Å². The second-order valence-corrected chi connectivity index (χ2v) is 13.1. The molecule has 41 heavy (non-hydrogen) atoms. The molecule has 0 radical (unpaired) electrons. The zero-order chi connectivity index (χ0) is 28.6. The maximum absolute atomic E-state index is 6.62. The summed E-state index contributed by atoms with van der Waals surface area (Å²) in [6.45, 7) is 14.5. The van der Waals surface area contributed by atoms with Crippen LogP contribution >= 0.6 is 0 Å². The van der Waals surface area contributed by atoms with Crippen LogP contribution in [0.15, 0.2) is 120 Å². The summed E-state index contributed by atoms with van der Waals surface area (Å²) in [4.78, 5) is 2.32. The molecule has 1 aromatic heterocycles. The molecule has 1 aliphatic carbocycles. The number of rotatable bonds is 4. The van der Waals surface area contributed by atoms with Gasteiger partial charge in [0.05, 0.1) is 5.69 Å². The Kier molecular flexibility index (Phi) is 5.54. The standard InChI is InChI=1S/C39H37NO/c1-37(2)32-22-21-26(24-33(32)38(3,4)39(37,5)6)27-23-31-30-19-13-14-20-35(30)41-36(31)34(25-27)40(28-15-9-7-10-16-28)29-17-11-8-12-18-29/h7-25H,1-6H3. The van der Waals surface area contributed by atoms with Gasteiger partial charge in [0.1, 0.15) is 5.58 Å². The molecule has 6 aromatic rings. The number of para-hydroxylation sites is 3. The minimum atomic E-state index is 0.0389. The fourth-order valence-electron chi connectivity index (χ4n) is 6.96. The van der Waals surface area contributed by atoms with Gasteiger partial charge in [-0.05, 0) is 81.0 Å². The molecule has 7 rings (SSSR count). The van der Waals surface area contributed by atoms with Crippen molar-refractivity contribution in [2.75, 3.05) is 4.90 Å². The molecule has 2 heteroatoms. The van der Waals surface area contributed by atoms with Gasteiger partial charge in [-0.15, -0.1) is 0 Å². The molecule has 0 atom stereocenters. The molecular weight excluding hydrogens is 498 g/mol. The lowest BCUT2D eigenvalue weighted by molar-refractivity contribution is 0.125. The number of hydrogen-bond acceptors (Lipinski definition) is 2. The molecule has 0 saturated heterocycles. The largest absolute Gasteiger partial charge is 0.454 e. The first-order valence-corrected chi connectivity index (χ1v) is 14.6. The van der Waals surface area contributed by atoms with Crippen LogP contribution in [-0.2, 0) is 10.8 Å². The lowest BCUT2D eigenvalue weighted by atomic mass is 9.59. The van der Waals surface area contributed by atoms with Gasteiger partial charge >= 0.3 is 0 Å². The van der Waals surface area contributed by atoms with E-state index >= 15 is 0 Å². The summed E-state index contributed by atoms with van der Waals surface area (Å²) >= 11 is 0. The SMILES string of the molecule is CC1(C)c2ccc(-c3cc(N(c4ccccc4)c4ccccc4)c4oc5ccccc5c4c3)cc2C(C)(C)C1(C)C. The Hall–Kier alpha value is -4.30. The normalized spacial score (nSPS) is 16.6. The van der Waals surface area contributed by atoms with Crippen LogP contribution in [0.4, 0.5) is 17.1 Å². The number of hydrogen-bond donors (Lipinski definition) is 0. The van der Waals surface area contributed by atoms with E-state index in [1.807, 2.05) is 6.07 Å². The van der Waals surface area contributed by atoms with E-state index in [1.165, 1.54) is 22.3 Å². The van der Waals surface area contributed by atoms with Crippen LogP contribution < -0.4 is 4.90 Å². The molecule has 204 valence electrons. The lowest BCUT2D eigenvalue weighted by Crippen LogP contribution is -2.42. The molecule has 1 aliphatic rings. The highest BCUT2D eigenvalue weighted by molar-refractivity contribution is 6.12. The van der Waals surface area contributed by atoms with Crippen molar-refractivity contribution in [3.63, 3.8) is 0 Å². The van der Waals surface area contributed by atoms with E-state index in [2.05, 4.69) is 156 Å². The van der Waals surface area contributed by atoms with E-state index in [0.717, 1.165) is 39.0 Å². The molecule has 0 aliphatic heterocycles. The van der Waals surface area contributed by atoms with E-state index < -0.39 is 0 Å². The first-order valence-electron chi connectivity index (χ1n) is 14.6. The Bertz CT molecular complexity index is 1870. The number of fused-ring (bicyclic) bond motifs is 4. The average Bonchev–Trinajstić information content (AvgIpc) is 3.40. The van der Waals surface area contributed by atoms with E-state index in [1.54, 1.807) is 0 Å². The van der Waals surface area contributed by atoms with Gasteiger partial charge in [0, 0.05) is 22.1 Å². The molecule has 2 nitrogen and oxygen atoms in total. The Labute approximate surface area is 243 Å². The molecule has 0 unspecified atom stereocenters. The van der Waals surface area contributed by atoms with E-state index in [4.69, 9.17) is 4.42 Å². The summed E-state index contributed by atoms with van der Waals surface area (Å²) < 4.78 is 6.62. The van der Waals surface area contributed by atoms with E-state index in [0.29, 0.717) is 0 Å². The number of nitrogens with zero attached hydrogens (tertiary/aromatic N) is 1. The molecule has 0 amide bonds. The second-order valence-electron chi connectivity index (χ2n) is 13.1. The summed E-state index contributed by atoms with van der Waals surface area (Å²) in [6, 6.07) is 41.3. The Morgan fingerprint density at radius 2 is 1.10 bits per heavy atom. The Balaban J connectivity index is 1.52. The van der Waals surface area contributed by atoms with Crippen LogP contribution in [0, 0.1) is 5.41 Å². The number of anilines is 3. The summed E-state index contributed by atoms with van der Waals surface area (Å²) in [6.07, 6.45) is 0. The Morgan fingerprint density at radius 1 is 0.512 bits per heavy atom. The highest BCUT2D eigenvalue weighted by atomic mass is 16.3. The smallest absolute Gasteiger partial charge is 0.159 e. The average molecular weight is 536 g/mol. The molecule has 1 heterocycles. The van der Waals surface area contributed by atoms with Gasteiger partial charge in [-0.3, -0.25) is 0 Å². The third kappa shape index (κ3) is 3.63. The highest BCUT2D eigenvalue weighted by Gasteiger charge is 2.56. The zero-order valence-corrected chi connectivity index (χ0v) is 24.8. The summed E-state index contributed by atoms with van der Waals surface area (Å²) in [5, 5.41) is 2.26. The molecule has 0 saturated carbocycles. The molecule has 0 fully saturated rings. The molecule has 0 bridgehead atoms. The van der Waals surface area contributed by atoms with Crippen LogP contribution in [0.2, 0.25) is 0 Å². The van der Waals surface area contributed by atoms with Crippen molar-refractivity contribution < 1.29 is 4.42 Å². The first-order chi connectivity index (χ1) is 19.6. The van der Waals surface area contributed by atoms with Crippen LogP contribution in [0.3, 0.4) is 0 Å². The molecule has 0 spiro atoms. The molecule has 0 N–H and O–H groups in total. The monoisotopic (exact) mass is 535 g/mol. The van der Waals surface area contributed by atoms with Crippen LogP contribution in [0.5, 0.6) is 0 Å². The van der Waals surface area contributed by atoms with Gasteiger partial charge < -0.3 is 9.32 Å². The summed E-state index contributed by atoms with van der Waals surface area (Å²) in [5.74, 6) is 0. The van der Waals surface area contributed by atoms with Crippen LogP contribution in [0.25, 0.3) is 33.1 Å². The van der Waals surface area contributed by atoms with Crippen molar-refractivity contribution in [1.29, 1.82) is 0 Å². The quantitative estimate of drug-likeness (QED) is 0.223. The van der Waals surface area contributed by atoms with Crippen molar-refractivity contribution >= 4 is 39.0 Å². The number of benzene rings is 5. The van der Waals surface area contributed by atoms with Crippen LogP contribution in [-0.4, -0.2) is 0 Å². The van der Waals surface area contributed by atoms with Gasteiger partial charge in [0.15, 0.2) is 5.58 Å². The summed E-state index contributed by atoms with van der Waals surface area (Å²) in [5.41, 5.74) is 10.6. The fourth-order valence-corrected chi connectivity index (χ4v) is 6.96. The predicted octanol–water partition coefficient (Wildman–Crippen LogP) is 11.3. The van der Waals surface area contributed by atoms with Gasteiger partial charge in [0.2, 0.25) is 0 Å². The van der Waals surface area contributed by atoms with E-state index in [9.17, 15) is 0 Å². The maximum Gasteiger partial charge on any atom is 0.159 e. The first kappa shape index (κ1) is 25.7. The van der Waals surface area contributed by atoms with Crippen molar-refractivity contribution in [3.8, 4) is 11.1 Å². The molecular formula is C39H37NO. The van der Waals surface area contributed by atoms with Crippen molar-refractivity contribution in [3.05, 3.63) is 126 Å². The minimum absolute atomic E-state index is 0.0389. The van der Waals surface area contributed by atoms with Gasteiger partial charge in [-0.1, -0.05) is 114 Å². The Morgan fingerprint density at radius 3 is 1.76 bits per heavy atom. The van der Waals surface area contributed by atoms with Crippen molar-refractivity contribution in [2.24, 2.45) is 5.41 Å².